The second kappa shape index (κ2) is 6.48. The SMILES string of the molecule is Cc1cc(C(=O)O)cc(NCCCNS(C)(=O)=O)n1. The van der Waals surface area contributed by atoms with Gasteiger partial charge in [0, 0.05) is 18.8 Å². The van der Waals surface area contributed by atoms with Gasteiger partial charge in [-0.15, -0.1) is 0 Å². The van der Waals surface area contributed by atoms with Crippen LogP contribution in [0, 0.1) is 6.92 Å². The van der Waals surface area contributed by atoms with Gasteiger partial charge in [-0.25, -0.2) is 22.9 Å². The number of aryl methyl sites for hydroxylation is 1. The summed E-state index contributed by atoms with van der Waals surface area (Å²) in [6.07, 6.45) is 1.67. The number of nitrogens with zero attached hydrogens (tertiary/aromatic N) is 1. The minimum Gasteiger partial charge on any atom is -0.478 e. The normalized spacial score (nSPS) is 11.3. The summed E-state index contributed by atoms with van der Waals surface area (Å²) in [7, 11) is -3.17. The van der Waals surface area contributed by atoms with Crippen LogP contribution in [0.1, 0.15) is 22.5 Å². The molecule has 8 heteroatoms. The van der Waals surface area contributed by atoms with Crippen molar-refractivity contribution in [1.29, 1.82) is 0 Å². The van der Waals surface area contributed by atoms with Gasteiger partial charge in [-0.2, -0.15) is 0 Å². The fourth-order valence-corrected chi connectivity index (χ4v) is 1.96. The van der Waals surface area contributed by atoms with Crippen LogP contribution in [-0.4, -0.2) is 43.8 Å². The average Bonchev–Trinajstić information content (AvgIpc) is 2.26. The first-order chi connectivity index (χ1) is 8.78. The van der Waals surface area contributed by atoms with Crippen LogP contribution in [0.3, 0.4) is 0 Å². The summed E-state index contributed by atoms with van der Waals surface area (Å²) in [4.78, 5) is 15.0. The van der Waals surface area contributed by atoms with Gasteiger partial charge in [0.25, 0.3) is 0 Å². The van der Waals surface area contributed by atoms with Gasteiger partial charge in [-0.05, 0) is 25.5 Å². The highest BCUT2D eigenvalue weighted by atomic mass is 32.2. The lowest BCUT2D eigenvalue weighted by Crippen LogP contribution is -2.24. The maximum atomic E-state index is 10.9. The van der Waals surface area contributed by atoms with Gasteiger partial charge in [0.15, 0.2) is 0 Å². The molecular weight excluding hydrogens is 270 g/mol. The maximum Gasteiger partial charge on any atom is 0.335 e. The van der Waals surface area contributed by atoms with E-state index in [0.717, 1.165) is 6.26 Å². The van der Waals surface area contributed by atoms with Crippen molar-refractivity contribution >= 4 is 21.8 Å². The topological polar surface area (TPSA) is 108 Å². The van der Waals surface area contributed by atoms with Crippen LogP contribution >= 0.6 is 0 Å². The van der Waals surface area contributed by atoms with Crippen molar-refractivity contribution in [3.8, 4) is 0 Å². The third kappa shape index (κ3) is 6.16. The Morgan fingerprint density at radius 2 is 2.05 bits per heavy atom. The van der Waals surface area contributed by atoms with E-state index in [0.29, 0.717) is 31.0 Å². The largest absolute Gasteiger partial charge is 0.478 e. The maximum absolute atomic E-state index is 10.9. The Kier molecular flexibility index (Phi) is 5.25. The molecule has 0 saturated heterocycles. The lowest BCUT2D eigenvalue weighted by Gasteiger charge is -2.07. The van der Waals surface area contributed by atoms with E-state index in [2.05, 4.69) is 15.0 Å². The van der Waals surface area contributed by atoms with Crippen molar-refractivity contribution in [3.63, 3.8) is 0 Å². The number of nitrogens with one attached hydrogen (secondary N) is 2. The molecule has 1 rings (SSSR count). The molecule has 1 heterocycles. The van der Waals surface area contributed by atoms with Crippen LogP contribution in [-0.2, 0) is 10.0 Å². The van der Waals surface area contributed by atoms with Crippen LogP contribution in [0.4, 0.5) is 5.82 Å². The lowest BCUT2D eigenvalue weighted by atomic mass is 10.2. The average molecular weight is 287 g/mol. The molecule has 0 fully saturated rings. The van der Waals surface area contributed by atoms with Crippen LogP contribution in [0.5, 0.6) is 0 Å². The third-order valence-electron chi connectivity index (χ3n) is 2.22. The zero-order valence-electron chi connectivity index (χ0n) is 10.8. The zero-order valence-corrected chi connectivity index (χ0v) is 11.6. The minimum absolute atomic E-state index is 0.171. The number of hydrogen-bond acceptors (Lipinski definition) is 5. The Morgan fingerprint density at radius 1 is 1.37 bits per heavy atom. The Hall–Kier alpha value is -1.67. The van der Waals surface area contributed by atoms with Crippen LogP contribution in [0.25, 0.3) is 0 Å². The molecule has 0 saturated carbocycles. The summed E-state index contributed by atoms with van der Waals surface area (Å²) in [5.41, 5.74) is 0.779. The van der Waals surface area contributed by atoms with E-state index >= 15 is 0 Å². The number of aromatic carboxylic acids is 1. The lowest BCUT2D eigenvalue weighted by molar-refractivity contribution is 0.0696. The highest BCUT2D eigenvalue weighted by molar-refractivity contribution is 7.88. The number of sulfonamides is 1. The van der Waals surface area contributed by atoms with Crippen molar-refractivity contribution in [2.24, 2.45) is 0 Å². The van der Waals surface area contributed by atoms with Crippen molar-refractivity contribution in [3.05, 3.63) is 23.4 Å². The number of rotatable bonds is 7. The summed E-state index contributed by atoms with van der Waals surface area (Å²) < 4.78 is 24.0. The molecule has 0 bridgehead atoms. The van der Waals surface area contributed by atoms with Gasteiger partial charge in [0.1, 0.15) is 5.82 Å². The quantitative estimate of drug-likeness (QED) is 0.628. The van der Waals surface area contributed by atoms with Crippen molar-refractivity contribution < 1.29 is 18.3 Å². The standard InChI is InChI=1S/C11H17N3O4S/c1-8-6-9(11(15)16)7-10(14-8)12-4-3-5-13-19(2,17)18/h6-7,13H,3-5H2,1-2H3,(H,12,14)(H,15,16). The highest BCUT2D eigenvalue weighted by Crippen LogP contribution is 2.10. The summed E-state index contributed by atoms with van der Waals surface area (Å²) >= 11 is 0. The van der Waals surface area contributed by atoms with Crippen LogP contribution in [0.2, 0.25) is 0 Å². The van der Waals surface area contributed by atoms with Crippen LogP contribution in [0.15, 0.2) is 12.1 Å². The van der Waals surface area contributed by atoms with Gasteiger partial charge < -0.3 is 10.4 Å². The number of anilines is 1. The molecule has 0 aliphatic rings. The molecule has 0 unspecified atom stereocenters. The molecule has 0 aromatic carbocycles. The number of aromatic nitrogens is 1. The molecule has 0 aliphatic carbocycles. The smallest absolute Gasteiger partial charge is 0.335 e. The number of carboxylic acid groups (broad SMARTS) is 1. The van der Waals surface area contributed by atoms with E-state index in [4.69, 9.17) is 5.11 Å². The Morgan fingerprint density at radius 3 is 2.63 bits per heavy atom. The Balaban J connectivity index is 2.47. The molecule has 0 radical (unpaired) electrons. The fourth-order valence-electron chi connectivity index (χ4n) is 1.44. The van der Waals surface area contributed by atoms with E-state index < -0.39 is 16.0 Å². The van der Waals surface area contributed by atoms with Crippen molar-refractivity contribution in [2.75, 3.05) is 24.7 Å². The summed E-state index contributed by atoms with van der Waals surface area (Å²) in [6, 6.07) is 2.93. The molecule has 0 amide bonds. The summed E-state index contributed by atoms with van der Waals surface area (Å²) in [5.74, 6) is -0.538. The number of pyridine rings is 1. The second-order valence-electron chi connectivity index (χ2n) is 4.13. The van der Waals surface area contributed by atoms with Crippen molar-refractivity contribution in [1.82, 2.24) is 9.71 Å². The molecule has 7 nitrogen and oxygen atoms in total. The number of carbonyl (C=O) groups is 1. The minimum atomic E-state index is -3.17. The molecule has 0 aliphatic heterocycles. The summed E-state index contributed by atoms with van der Waals surface area (Å²) in [6.45, 7) is 2.53. The molecule has 0 atom stereocenters. The number of carboxylic acids is 1. The third-order valence-corrected chi connectivity index (χ3v) is 2.95. The highest BCUT2D eigenvalue weighted by Gasteiger charge is 2.06. The number of hydrogen-bond donors (Lipinski definition) is 3. The van der Waals surface area contributed by atoms with Crippen molar-refractivity contribution in [2.45, 2.75) is 13.3 Å². The first-order valence-electron chi connectivity index (χ1n) is 5.68. The van der Waals surface area contributed by atoms with Gasteiger partial charge in [0.2, 0.25) is 10.0 Å². The first kappa shape index (κ1) is 15.4. The predicted molar refractivity (Wildman–Crippen MR) is 71.9 cm³/mol. The van der Waals surface area contributed by atoms with E-state index in [1.807, 2.05) is 0 Å². The molecular formula is C11H17N3O4S. The first-order valence-corrected chi connectivity index (χ1v) is 7.57. The van der Waals surface area contributed by atoms with E-state index in [9.17, 15) is 13.2 Å². The molecule has 0 spiro atoms. The molecule has 1 aromatic heterocycles. The second-order valence-corrected chi connectivity index (χ2v) is 5.97. The van der Waals surface area contributed by atoms with E-state index in [-0.39, 0.29) is 5.56 Å². The predicted octanol–water partition coefficient (Wildman–Crippen LogP) is 0.439. The van der Waals surface area contributed by atoms with Gasteiger partial charge in [-0.1, -0.05) is 0 Å². The van der Waals surface area contributed by atoms with Gasteiger partial charge in [0.05, 0.1) is 11.8 Å². The monoisotopic (exact) mass is 287 g/mol. The molecule has 3 N–H and O–H groups in total. The van der Waals surface area contributed by atoms with Gasteiger partial charge >= 0.3 is 5.97 Å². The zero-order chi connectivity index (χ0) is 14.5. The Bertz CT molecular complexity index is 557. The summed E-state index contributed by atoms with van der Waals surface area (Å²) in [5, 5.41) is 11.9. The van der Waals surface area contributed by atoms with E-state index in [1.165, 1.54) is 12.1 Å². The fraction of sp³-hybridized carbons (Fsp3) is 0.455. The molecule has 106 valence electrons. The molecule has 1 aromatic rings. The Labute approximate surface area is 112 Å². The van der Waals surface area contributed by atoms with Crippen LogP contribution < -0.4 is 10.0 Å². The molecule has 19 heavy (non-hydrogen) atoms. The van der Waals surface area contributed by atoms with E-state index in [1.54, 1.807) is 6.92 Å². The van der Waals surface area contributed by atoms with Gasteiger partial charge in [-0.3, -0.25) is 0 Å².